The Hall–Kier alpha value is -1.39. The second-order valence-corrected chi connectivity index (χ2v) is 4.62. The number of aromatic nitrogens is 2. The summed E-state index contributed by atoms with van der Waals surface area (Å²) >= 11 is 0. The number of nitrogens with two attached hydrogens (primary N) is 1. The molecule has 0 fully saturated rings. The highest BCUT2D eigenvalue weighted by atomic mass is 16.5. The maximum absolute atomic E-state index is 6.16. The third-order valence-electron chi connectivity index (χ3n) is 3.30. The van der Waals surface area contributed by atoms with Gasteiger partial charge in [0, 0.05) is 31.5 Å². The Kier molecular flexibility index (Phi) is 3.99. The van der Waals surface area contributed by atoms with Gasteiger partial charge in [-0.05, 0) is 19.9 Å². The summed E-state index contributed by atoms with van der Waals surface area (Å²) in [5.41, 5.74) is 8.35. The van der Waals surface area contributed by atoms with Crippen molar-refractivity contribution in [1.29, 1.82) is 0 Å². The minimum atomic E-state index is -0.0248. The molecule has 98 valence electrons. The van der Waals surface area contributed by atoms with Crippen LogP contribution in [0.1, 0.15) is 19.5 Å². The van der Waals surface area contributed by atoms with Crippen LogP contribution in [0.15, 0.2) is 24.3 Å². The van der Waals surface area contributed by atoms with Gasteiger partial charge in [-0.15, -0.1) is 0 Å². The van der Waals surface area contributed by atoms with E-state index < -0.39 is 0 Å². The molecular weight excluding hydrogens is 226 g/mol. The molecule has 18 heavy (non-hydrogen) atoms. The van der Waals surface area contributed by atoms with Gasteiger partial charge in [-0.1, -0.05) is 18.2 Å². The second kappa shape index (κ2) is 5.50. The van der Waals surface area contributed by atoms with Crippen molar-refractivity contribution in [3.8, 4) is 0 Å². The number of aryl methyl sites for hydroxylation is 1. The number of ether oxygens (including phenoxy) is 1. The summed E-state index contributed by atoms with van der Waals surface area (Å²) < 4.78 is 7.44. The molecule has 2 atom stereocenters. The van der Waals surface area contributed by atoms with Crippen LogP contribution in [-0.4, -0.2) is 28.5 Å². The summed E-state index contributed by atoms with van der Waals surface area (Å²) in [7, 11) is 1.96. The molecule has 0 saturated carbocycles. The number of para-hydroxylation sites is 1. The largest absolute Gasteiger partial charge is 0.377 e. The molecule has 0 aliphatic rings. The highest BCUT2D eigenvalue weighted by Crippen LogP contribution is 2.19. The highest BCUT2D eigenvalue weighted by molar-refractivity contribution is 5.81. The lowest BCUT2D eigenvalue weighted by molar-refractivity contribution is 0.0575. The first-order chi connectivity index (χ1) is 8.63. The van der Waals surface area contributed by atoms with Crippen LogP contribution in [0.4, 0.5) is 0 Å². The normalized spacial score (nSPS) is 14.9. The van der Waals surface area contributed by atoms with Crippen molar-refractivity contribution < 1.29 is 4.74 Å². The zero-order valence-electron chi connectivity index (χ0n) is 11.3. The van der Waals surface area contributed by atoms with Crippen LogP contribution in [0.2, 0.25) is 0 Å². The molecule has 0 bridgehead atoms. The van der Waals surface area contributed by atoms with Crippen LogP contribution in [0.25, 0.3) is 10.9 Å². The van der Waals surface area contributed by atoms with Crippen LogP contribution in [0.5, 0.6) is 0 Å². The average molecular weight is 247 g/mol. The van der Waals surface area contributed by atoms with E-state index >= 15 is 0 Å². The molecule has 2 aromatic rings. The number of hydrogen-bond acceptors (Lipinski definition) is 3. The van der Waals surface area contributed by atoms with E-state index in [4.69, 9.17) is 10.5 Å². The average Bonchev–Trinajstić information content (AvgIpc) is 2.67. The van der Waals surface area contributed by atoms with Crippen LogP contribution in [-0.2, 0) is 18.2 Å². The van der Waals surface area contributed by atoms with Gasteiger partial charge in [0.1, 0.15) is 0 Å². The third kappa shape index (κ3) is 2.54. The van der Waals surface area contributed by atoms with Crippen LogP contribution in [0.3, 0.4) is 0 Å². The topological polar surface area (TPSA) is 53.1 Å². The van der Waals surface area contributed by atoms with Gasteiger partial charge in [0.25, 0.3) is 0 Å². The van der Waals surface area contributed by atoms with E-state index in [1.807, 2.05) is 37.7 Å². The lowest BCUT2D eigenvalue weighted by Crippen LogP contribution is -2.36. The quantitative estimate of drug-likeness (QED) is 0.877. The second-order valence-electron chi connectivity index (χ2n) is 4.62. The van der Waals surface area contributed by atoms with Gasteiger partial charge in [-0.3, -0.25) is 4.68 Å². The first kappa shape index (κ1) is 13.1. The van der Waals surface area contributed by atoms with E-state index in [-0.39, 0.29) is 12.1 Å². The predicted octanol–water partition coefficient (Wildman–Crippen LogP) is 1.87. The fourth-order valence-electron chi connectivity index (χ4n) is 2.22. The first-order valence-electron chi connectivity index (χ1n) is 6.41. The maximum atomic E-state index is 6.16. The molecule has 0 aliphatic carbocycles. The summed E-state index contributed by atoms with van der Waals surface area (Å²) in [6.07, 6.45) is 0.790. The van der Waals surface area contributed by atoms with Crippen molar-refractivity contribution >= 4 is 10.9 Å². The Morgan fingerprint density at radius 2 is 2.11 bits per heavy atom. The van der Waals surface area contributed by atoms with Gasteiger partial charge < -0.3 is 10.5 Å². The first-order valence-corrected chi connectivity index (χ1v) is 6.41. The zero-order valence-corrected chi connectivity index (χ0v) is 11.3. The monoisotopic (exact) mass is 247 g/mol. The van der Waals surface area contributed by atoms with Crippen molar-refractivity contribution in [3.63, 3.8) is 0 Å². The molecule has 0 saturated heterocycles. The predicted molar refractivity (Wildman–Crippen MR) is 73.5 cm³/mol. The van der Waals surface area contributed by atoms with Gasteiger partial charge in [-0.25, -0.2) is 0 Å². The molecule has 0 radical (unpaired) electrons. The van der Waals surface area contributed by atoms with Gasteiger partial charge in [-0.2, -0.15) is 5.10 Å². The van der Waals surface area contributed by atoms with Crippen LogP contribution in [0, 0.1) is 0 Å². The third-order valence-corrected chi connectivity index (χ3v) is 3.30. The lowest BCUT2D eigenvalue weighted by Gasteiger charge is -2.18. The Morgan fingerprint density at radius 3 is 2.83 bits per heavy atom. The fraction of sp³-hybridized carbons (Fsp3) is 0.500. The van der Waals surface area contributed by atoms with E-state index in [1.54, 1.807) is 0 Å². The van der Waals surface area contributed by atoms with E-state index in [0.717, 1.165) is 17.6 Å². The smallest absolute Gasteiger partial charge is 0.0719 e. The SMILES string of the molecule is CCOC(C)C(N)Cc1nn(C)c2ccccc12. The molecule has 2 N–H and O–H groups in total. The number of rotatable bonds is 5. The molecule has 1 aromatic heterocycles. The summed E-state index contributed by atoms with van der Waals surface area (Å²) in [6.45, 7) is 4.69. The fourth-order valence-corrected chi connectivity index (χ4v) is 2.22. The molecule has 4 nitrogen and oxygen atoms in total. The molecule has 2 rings (SSSR count). The van der Waals surface area contributed by atoms with Crippen molar-refractivity contribution in [1.82, 2.24) is 9.78 Å². The zero-order chi connectivity index (χ0) is 13.1. The van der Waals surface area contributed by atoms with Crippen LogP contribution >= 0.6 is 0 Å². The Morgan fingerprint density at radius 1 is 1.39 bits per heavy atom. The summed E-state index contributed by atoms with van der Waals surface area (Å²) in [4.78, 5) is 0. The molecule has 1 aromatic carbocycles. The van der Waals surface area contributed by atoms with Crippen molar-refractivity contribution in [3.05, 3.63) is 30.0 Å². The maximum Gasteiger partial charge on any atom is 0.0719 e. The standard InChI is InChI=1S/C14H21N3O/c1-4-18-10(2)12(15)9-13-11-7-5-6-8-14(11)17(3)16-13/h5-8,10,12H,4,9,15H2,1-3H3. The van der Waals surface area contributed by atoms with E-state index in [9.17, 15) is 0 Å². The molecule has 0 amide bonds. The van der Waals surface area contributed by atoms with Crippen LogP contribution < -0.4 is 5.73 Å². The van der Waals surface area contributed by atoms with Gasteiger partial charge in [0.15, 0.2) is 0 Å². The molecule has 1 heterocycles. The highest BCUT2D eigenvalue weighted by Gasteiger charge is 2.17. The minimum absolute atomic E-state index is 0.0248. The molecular formula is C14H21N3O. The molecule has 4 heteroatoms. The van der Waals surface area contributed by atoms with Gasteiger partial charge in [0.2, 0.25) is 0 Å². The van der Waals surface area contributed by atoms with E-state index in [1.165, 1.54) is 5.39 Å². The van der Waals surface area contributed by atoms with Gasteiger partial charge in [0.05, 0.1) is 17.3 Å². The number of hydrogen-bond donors (Lipinski definition) is 1. The summed E-state index contributed by atoms with van der Waals surface area (Å²) in [5, 5.41) is 5.73. The lowest BCUT2D eigenvalue weighted by atomic mass is 10.0. The van der Waals surface area contributed by atoms with Crippen molar-refractivity contribution in [2.75, 3.05) is 6.61 Å². The molecule has 0 aliphatic heterocycles. The van der Waals surface area contributed by atoms with Gasteiger partial charge >= 0.3 is 0 Å². The Bertz CT molecular complexity index is 521. The number of benzene rings is 1. The van der Waals surface area contributed by atoms with E-state index in [2.05, 4.69) is 17.2 Å². The number of nitrogens with zero attached hydrogens (tertiary/aromatic N) is 2. The van der Waals surface area contributed by atoms with E-state index in [0.29, 0.717) is 6.61 Å². The summed E-state index contributed by atoms with van der Waals surface area (Å²) in [5.74, 6) is 0. The summed E-state index contributed by atoms with van der Waals surface area (Å²) in [6, 6.07) is 8.20. The van der Waals surface area contributed by atoms with Crippen molar-refractivity contribution in [2.45, 2.75) is 32.4 Å². The minimum Gasteiger partial charge on any atom is -0.377 e. The molecule has 0 spiro atoms. The Labute approximate surface area is 108 Å². The van der Waals surface area contributed by atoms with Crippen molar-refractivity contribution in [2.24, 2.45) is 12.8 Å². The number of fused-ring (bicyclic) bond motifs is 1. The Balaban J connectivity index is 2.21. The molecule has 2 unspecified atom stereocenters.